The van der Waals surface area contributed by atoms with E-state index in [1.54, 1.807) is 18.2 Å². The maximum atomic E-state index is 13.3. The first-order valence-electron chi connectivity index (χ1n) is 9.53. The number of benzene rings is 3. The molecule has 0 fully saturated rings. The van der Waals surface area contributed by atoms with Gasteiger partial charge in [-0.15, -0.1) is 0 Å². The summed E-state index contributed by atoms with van der Waals surface area (Å²) in [7, 11) is 0. The number of rotatable bonds is 7. The molecule has 3 rings (SSSR count). The second kappa shape index (κ2) is 9.09. The van der Waals surface area contributed by atoms with Gasteiger partial charge in [0.2, 0.25) is 0 Å². The van der Waals surface area contributed by atoms with Crippen molar-refractivity contribution >= 4 is 44.7 Å². The van der Waals surface area contributed by atoms with E-state index < -0.39 is 17.8 Å². The number of fused-ring (bicyclic) bond motifs is 3. The molecule has 2 nitrogen and oxygen atoms in total. The predicted octanol–water partition coefficient (Wildman–Crippen LogP) is 7.13. The van der Waals surface area contributed by atoms with Crippen molar-refractivity contribution in [2.45, 2.75) is 38.5 Å². The standard InChI is InChI=1S/C22H22Cl2F3NO/c1-2-3-7-28-8-6-21(29)19-12-18-17(10-14(23)11-20(18)24)16-9-13(22(25,26)27)4-5-15(16)19/h4-5,9-12,21,28-29H,2-3,6-8H2,1H3/t21-/m1/s1. The largest absolute Gasteiger partial charge is 0.416 e. The molecule has 3 aromatic carbocycles. The molecule has 0 aliphatic heterocycles. The second-order valence-corrected chi connectivity index (χ2v) is 7.96. The number of hydrogen-bond acceptors (Lipinski definition) is 2. The highest BCUT2D eigenvalue weighted by atomic mass is 35.5. The first-order valence-corrected chi connectivity index (χ1v) is 10.3. The summed E-state index contributed by atoms with van der Waals surface area (Å²) in [5, 5.41) is 16.7. The summed E-state index contributed by atoms with van der Waals surface area (Å²) in [4.78, 5) is 0. The molecule has 3 aromatic rings. The summed E-state index contributed by atoms with van der Waals surface area (Å²) >= 11 is 12.4. The summed E-state index contributed by atoms with van der Waals surface area (Å²) in [6.07, 6.45) is -2.74. The summed E-state index contributed by atoms with van der Waals surface area (Å²) in [6.45, 7) is 3.57. The molecule has 0 unspecified atom stereocenters. The van der Waals surface area contributed by atoms with E-state index in [1.165, 1.54) is 6.07 Å². The fourth-order valence-electron chi connectivity index (χ4n) is 3.48. The van der Waals surface area contributed by atoms with Crippen molar-refractivity contribution in [3.63, 3.8) is 0 Å². The van der Waals surface area contributed by atoms with E-state index in [4.69, 9.17) is 23.2 Å². The number of unbranched alkanes of at least 4 members (excludes halogenated alkanes) is 1. The maximum Gasteiger partial charge on any atom is 0.416 e. The Morgan fingerprint density at radius 1 is 0.966 bits per heavy atom. The van der Waals surface area contributed by atoms with Gasteiger partial charge in [0.05, 0.1) is 11.7 Å². The van der Waals surface area contributed by atoms with Gasteiger partial charge in [-0.2, -0.15) is 13.2 Å². The molecule has 0 bridgehead atoms. The molecule has 29 heavy (non-hydrogen) atoms. The summed E-state index contributed by atoms with van der Waals surface area (Å²) in [6, 6.07) is 8.45. The molecule has 7 heteroatoms. The molecular formula is C22H22Cl2F3NO. The summed E-state index contributed by atoms with van der Waals surface area (Å²) in [5.74, 6) is 0. The monoisotopic (exact) mass is 443 g/mol. The molecule has 0 radical (unpaired) electrons. The van der Waals surface area contributed by atoms with Gasteiger partial charge < -0.3 is 10.4 Å². The number of alkyl halides is 3. The predicted molar refractivity (Wildman–Crippen MR) is 114 cm³/mol. The van der Waals surface area contributed by atoms with Gasteiger partial charge >= 0.3 is 6.18 Å². The number of aliphatic hydroxyl groups is 1. The molecule has 0 saturated heterocycles. The zero-order chi connectivity index (χ0) is 21.2. The molecule has 0 aliphatic carbocycles. The van der Waals surface area contributed by atoms with E-state index in [-0.39, 0.29) is 0 Å². The molecule has 1 atom stereocenters. The fourth-order valence-corrected chi connectivity index (χ4v) is 4.03. The van der Waals surface area contributed by atoms with E-state index in [0.29, 0.717) is 50.1 Å². The van der Waals surface area contributed by atoms with E-state index in [1.807, 2.05) is 0 Å². The van der Waals surface area contributed by atoms with Crippen LogP contribution < -0.4 is 5.32 Å². The van der Waals surface area contributed by atoms with Gasteiger partial charge in [0.1, 0.15) is 0 Å². The van der Waals surface area contributed by atoms with Gasteiger partial charge in [0.25, 0.3) is 0 Å². The van der Waals surface area contributed by atoms with Crippen LogP contribution in [0.1, 0.15) is 43.4 Å². The average molecular weight is 444 g/mol. The Hall–Kier alpha value is -1.53. The zero-order valence-corrected chi connectivity index (χ0v) is 17.4. The van der Waals surface area contributed by atoms with Crippen LogP contribution in [0.2, 0.25) is 10.0 Å². The van der Waals surface area contributed by atoms with Crippen LogP contribution in [0.4, 0.5) is 13.2 Å². The van der Waals surface area contributed by atoms with Gasteiger partial charge in [-0.3, -0.25) is 0 Å². The van der Waals surface area contributed by atoms with Gasteiger partial charge in [0, 0.05) is 15.4 Å². The third-order valence-corrected chi connectivity index (χ3v) is 5.53. The Balaban J connectivity index is 2.11. The van der Waals surface area contributed by atoms with Crippen molar-refractivity contribution in [3.8, 4) is 0 Å². The lowest BCUT2D eigenvalue weighted by Crippen LogP contribution is -2.18. The minimum atomic E-state index is -4.47. The number of hydrogen-bond donors (Lipinski definition) is 2. The van der Waals surface area contributed by atoms with Crippen LogP contribution in [0.3, 0.4) is 0 Å². The zero-order valence-electron chi connectivity index (χ0n) is 15.9. The van der Waals surface area contributed by atoms with Crippen LogP contribution in [0, 0.1) is 0 Å². The van der Waals surface area contributed by atoms with Crippen molar-refractivity contribution in [2.24, 2.45) is 0 Å². The van der Waals surface area contributed by atoms with Gasteiger partial charge in [-0.05, 0) is 78.0 Å². The normalized spacial score (nSPS) is 13.3. The van der Waals surface area contributed by atoms with Gasteiger partial charge in [0.15, 0.2) is 0 Å². The quantitative estimate of drug-likeness (QED) is 0.300. The molecule has 0 spiro atoms. The molecule has 0 saturated carbocycles. The lowest BCUT2D eigenvalue weighted by atomic mass is 9.92. The third kappa shape index (κ3) is 4.97. The van der Waals surface area contributed by atoms with Crippen molar-refractivity contribution in [2.75, 3.05) is 13.1 Å². The Morgan fingerprint density at radius 2 is 1.69 bits per heavy atom. The minimum absolute atomic E-state index is 0.335. The van der Waals surface area contributed by atoms with Crippen molar-refractivity contribution < 1.29 is 18.3 Å². The molecule has 0 heterocycles. The lowest BCUT2D eigenvalue weighted by molar-refractivity contribution is -0.137. The van der Waals surface area contributed by atoms with Gasteiger partial charge in [-0.25, -0.2) is 0 Å². The van der Waals surface area contributed by atoms with Crippen LogP contribution in [0.25, 0.3) is 21.5 Å². The number of halogens is 5. The molecule has 0 aromatic heterocycles. The third-order valence-electron chi connectivity index (χ3n) is 5.00. The summed E-state index contributed by atoms with van der Waals surface area (Å²) in [5.41, 5.74) is -0.196. The highest BCUT2D eigenvalue weighted by molar-refractivity contribution is 6.39. The smallest absolute Gasteiger partial charge is 0.388 e. The fraction of sp³-hybridized carbons (Fsp3) is 0.364. The van der Waals surface area contributed by atoms with Crippen LogP contribution in [-0.2, 0) is 6.18 Å². The van der Waals surface area contributed by atoms with Crippen LogP contribution >= 0.6 is 23.2 Å². The lowest BCUT2D eigenvalue weighted by Gasteiger charge is -2.18. The highest BCUT2D eigenvalue weighted by Crippen LogP contribution is 2.40. The first-order chi connectivity index (χ1) is 13.7. The van der Waals surface area contributed by atoms with E-state index in [0.717, 1.165) is 31.5 Å². The molecule has 0 aliphatic rings. The van der Waals surface area contributed by atoms with E-state index in [9.17, 15) is 18.3 Å². The molecular weight excluding hydrogens is 422 g/mol. The van der Waals surface area contributed by atoms with Crippen LogP contribution in [0.15, 0.2) is 36.4 Å². The first kappa shape index (κ1) is 22.2. The maximum absolute atomic E-state index is 13.3. The Morgan fingerprint density at radius 3 is 2.38 bits per heavy atom. The Labute approximate surface area is 177 Å². The summed E-state index contributed by atoms with van der Waals surface area (Å²) < 4.78 is 39.9. The van der Waals surface area contributed by atoms with Crippen LogP contribution in [-0.4, -0.2) is 18.2 Å². The van der Waals surface area contributed by atoms with Crippen LogP contribution in [0.5, 0.6) is 0 Å². The molecule has 0 amide bonds. The van der Waals surface area contributed by atoms with E-state index in [2.05, 4.69) is 12.2 Å². The van der Waals surface area contributed by atoms with Crippen molar-refractivity contribution in [1.29, 1.82) is 0 Å². The average Bonchev–Trinajstić information content (AvgIpc) is 2.66. The number of nitrogens with one attached hydrogen (secondary N) is 1. The Kier molecular flexibility index (Phi) is 6.94. The van der Waals surface area contributed by atoms with Crippen molar-refractivity contribution in [3.05, 3.63) is 57.6 Å². The Bertz CT molecular complexity index is 1020. The van der Waals surface area contributed by atoms with E-state index >= 15 is 0 Å². The molecule has 156 valence electrons. The SMILES string of the molecule is CCCCNCC[C@@H](O)c1cc2c(Cl)cc(Cl)cc2c2cc(C(F)(F)F)ccc12. The van der Waals surface area contributed by atoms with Crippen molar-refractivity contribution in [1.82, 2.24) is 5.32 Å². The topological polar surface area (TPSA) is 32.3 Å². The second-order valence-electron chi connectivity index (χ2n) is 7.11. The minimum Gasteiger partial charge on any atom is -0.388 e. The highest BCUT2D eigenvalue weighted by Gasteiger charge is 2.31. The number of aliphatic hydroxyl groups excluding tert-OH is 1. The molecule has 2 N–H and O–H groups in total. The van der Waals surface area contributed by atoms with Gasteiger partial charge in [-0.1, -0.05) is 42.6 Å².